The van der Waals surface area contributed by atoms with Crippen molar-refractivity contribution in [3.8, 4) is 0 Å². The number of hydrogen-bond donors (Lipinski definition) is 0. The Balaban J connectivity index is -0.000000108. The second-order valence-corrected chi connectivity index (χ2v) is 5.01. The first kappa shape index (κ1) is 30.6. The molecule has 0 saturated carbocycles. The summed E-state index contributed by atoms with van der Waals surface area (Å²) in [6.45, 7) is 19.2. The molecule has 1 radical (unpaired) electrons. The van der Waals surface area contributed by atoms with Crippen LogP contribution in [0.25, 0.3) is 16.0 Å². The molecule has 0 aliphatic heterocycles. The molecule has 0 aliphatic carbocycles. The molecule has 0 aliphatic rings. The summed E-state index contributed by atoms with van der Waals surface area (Å²) >= 11 is 0. The van der Waals surface area contributed by atoms with Crippen LogP contribution in [0.15, 0.2) is 0 Å². The number of hydrogen-bond acceptors (Lipinski definition) is 0. The zero-order valence-corrected chi connectivity index (χ0v) is 18.8. The van der Waals surface area contributed by atoms with Crippen LogP contribution in [0.4, 0.5) is 0 Å². The summed E-state index contributed by atoms with van der Waals surface area (Å²) in [5, 5.41) is 12.6. The summed E-state index contributed by atoms with van der Waals surface area (Å²) in [4.78, 5) is 0. The van der Waals surface area contributed by atoms with Gasteiger partial charge in [-0.25, -0.2) is 0 Å². The third-order valence-corrected chi connectivity index (χ3v) is 2.29. The molecule has 0 fully saturated rings. The summed E-state index contributed by atoms with van der Waals surface area (Å²) in [7, 11) is 0. The molecule has 0 spiro atoms. The quantitative estimate of drug-likeness (QED) is 0.339. The first-order valence-corrected chi connectivity index (χ1v) is 9.14. The van der Waals surface area contributed by atoms with E-state index in [1.54, 1.807) is 0 Å². The van der Waals surface area contributed by atoms with E-state index in [2.05, 4.69) is 57.5 Å². The van der Waals surface area contributed by atoms with Gasteiger partial charge < -0.3 is 16.0 Å². The Bertz CT molecular complexity index is 99.7. The molecular weight excluding hydrogens is 349 g/mol. The fourth-order valence-electron chi connectivity index (χ4n) is 1.28. The minimum atomic E-state index is 0. The normalized spacial score (nSPS) is 9.00. The van der Waals surface area contributed by atoms with E-state index in [1.165, 1.54) is 38.5 Å². The Kier molecular flexibility index (Phi) is 52.6. The van der Waals surface area contributed by atoms with Crippen LogP contribution < -0.4 is 0 Å². The van der Waals surface area contributed by atoms with Crippen molar-refractivity contribution in [1.82, 2.24) is 0 Å². The Morgan fingerprint density at radius 1 is 0.364 bits per heavy atom. The van der Waals surface area contributed by atoms with Gasteiger partial charge in [0.05, 0.1) is 0 Å². The molecule has 4 heteroatoms. The van der Waals surface area contributed by atoms with Crippen LogP contribution in [-0.4, -0.2) is 39.3 Å². The molecule has 0 aromatic heterocycles. The summed E-state index contributed by atoms with van der Waals surface area (Å²) < 4.78 is 0. The SMILES string of the molecule is CCC[N-]CCC.CCC[N-]CCC.CCC[N-]CCC.[Zr+3]. The van der Waals surface area contributed by atoms with Crippen molar-refractivity contribution in [1.29, 1.82) is 0 Å². The molecule has 0 bridgehead atoms. The third-order valence-electron chi connectivity index (χ3n) is 2.29. The second kappa shape index (κ2) is 37.8. The predicted octanol–water partition coefficient (Wildman–Crippen LogP) is 6.54. The third kappa shape index (κ3) is 49.8. The molecule has 0 rings (SSSR count). The maximum atomic E-state index is 4.21. The maximum absolute atomic E-state index is 4.21. The van der Waals surface area contributed by atoms with E-state index in [4.69, 9.17) is 0 Å². The maximum Gasteiger partial charge on any atom is 3.00 e. The van der Waals surface area contributed by atoms with Crippen molar-refractivity contribution in [2.45, 2.75) is 80.1 Å². The van der Waals surface area contributed by atoms with E-state index in [-0.39, 0.29) is 26.2 Å². The van der Waals surface area contributed by atoms with Crippen molar-refractivity contribution < 1.29 is 26.2 Å². The van der Waals surface area contributed by atoms with Crippen LogP contribution in [0.2, 0.25) is 0 Å². The van der Waals surface area contributed by atoms with Gasteiger partial charge in [-0.05, 0) is 0 Å². The van der Waals surface area contributed by atoms with Crippen LogP contribution >= 0.6 is 0 Å². The van der Waals surface area contributed by atoms with Gasteiger partial charge in [-0.15, -0.1) is 39.3 Å². The molecule has 0 heterocycles. The summed E-state index contributed by atoms with van der Waals surface area (Å²) in [5.74, 6) is 0. The van der Waals surface area contributed by atoms with Crippen molar-refractivity contribution in [3.05, 3.63) is 16.0 Å². The van der Waals surface area contributed by atoms with Gasteiger partial charge in [0.1, 0.15) is 0 Å². The fraction of sp³-hybridized carbons (Fsp3) is 1.00. The Labute approximate surface area is 161 Å². The van der Waals surface area contributed by atoms with E-state index < -0.39 is 0 Å². The smallest absolute Gasteiger partial charge is 0.662 e. The van der Waals surface area contributed by atoms with Gasteiger partial charge in [0, 0.05) is 0 Å². The van der Waals surface area contributed by atoms with Crippen molar-refractivity contribution >= 4 is 0 Å². The number of rotatable bonds is 12. The molecule has 0 saturated heterocycles. The monoisotopic (exact) mass is 390 g/mol. The van der Waals surface area contributed by atoms with Gasteiger partial charge in [-0.2, -0.15) is 0 Å². The van der Waals surface area contributed by atoms with Crippen molar-refractivity contribution in [2.24, 2.45) is 0 Å². The molecule has 0 unspecified atom stereocenters. The standard InChI is InChI=1S/3C6H14N.Zr/c3*1-3-5-7-6-4-2;/h3*3-6H2,1-2H3;/q3*-1;+3. The van der Waals surface area contributed by atoms with E-state index in [0.717, 1.165) is 39.3 Å². The van der Waals surface area contributed by atoms with Crippen LogP contribution in [0.1, 0.15) is 80.1 Å². The number of nitrogens with zero attached hydrogens (tertiary/aromatic N) is 3. The van der Waals surface area contributed by atoms with E-state index in [1.807, 2.05) is 0 Å². The second-order valence-electron chi connectivity index (χ2n) is 5.01. The Morgan fingerprint density at radius 3 is 0.591 bits per heavy atom. The molecular formula is C18H42N3Zr. The van der Waals surface area contributed by atoms with Crippen LogP contribution in [0.3, 0.4) is 0 Å². The Hall–Kier alpha value is 0.763. The van der Waals surface area contributed by atoms with Gasteiger partial charge in [0.25, 0.3) is 0 Å². The average molecular weight is 392 g/mol. The predicted molar refractivity (Wildman–Crippen MR) is 101 cm³/mol. The molecule has 133 valence electrons. The van der Waals surface area contributed by atoms with Gasteiger partial charge in [-0.3, -0.25) is 0 Å². The van der Waals surface area contributed by atoms with Crippen LogP contribution in [0, 0.1) is 0 Å². The van der Waals surface area contributed by atoms with Gasteiger partial charge >= 0.3 is 26.2 Å². The summed E-state index contributed by atoms with van der Waals surface area (Å²) in [6.07, 6.45) is 7.17. The molecule has 0 N–H and O–H groups in total. The molecule has 3 nitrogen and oxygen atoms in total. The zero-order chi connectivity index (χ0) is 16.6. The van der Waals surface area contributed by atoms with Crippen LogP contribution in [-0.2, 0) is 26.2 Å². The molecule has 0 amide bonds. The first-order valence-electron chi connectivity index (χ1n) is 9.14. The van der Waals surface area contributed by atoms with Gasteiger partial charge in [-0.1, -0.05) is 80.1 Å². The first-order chi connectivity index (χ1) is 10.2. The van der Waals surface area contributed by atoms with E-state index in [9.17, 15) is 0 Å². The van der Waals surface area contributed by atoms with Crippen LogP contribution in [0.5, 0.6) is 0 Å². The summed E-state index contributed by atoms with van der Waals surface area (Å²) in [6, 6.07) is 0. The minimum Gasteiger partial charge on any atom is -0.662 e. The average Bonchev–Trinajstić information content (AvgIpc) is 2.50. The molecule has 0 aromatic carbocycles. The van der Waals surface area contributed by atoms with E-state index in [0.29, 0.717) is 0 Å². The Morgan fingerprint density at radius 2 is 0.500 bits per heavy atom. The largest absolute Gasteiger partial charge is 3.00 e. The van der Waals surface area contributed by atoms with E-state index >= 15 is 0 Å². The topological polar surface area (TPSA) is 42.3 Å². The minimum absolute atomic E-state index is 0. The van der Waals surface area contributed by atoms with Crippen molar-refractivity contribution in [3.63, 3.8) is 0 Å². The fourth-order valence-corrected chi connectivity index (χ4v) is 1.28. The molecule has 0 aromatic rings. The van der Waals surface area contributed by atoms with Gasteiger partial charge in [0.15, 0.2) is 0 Å². The molecule has 22 heavy (non-hydrogen) atoms. The van der Waals surface area contributed by atoms with Crippen molar-refractivity contribution in [2.75, 3.05) is 39.3 Å². The zero-order valence-electron chi connectivity index (χ0n) is 16.3. The molecule has 0 atom stereocenters. The van der Waals surface area contributed by atoms with Gasteiger partial charge in [0.2, 0.25) is 0 Å². The summed E-state index contributed by atoms with van der Waals surface area (Å²) in [5.41, 5.74) is 0.